The number of nitrogens with zero attached hydrogens (tertiary/aromatic N) is 1. The molecule has 1 aromatic heterocycles. The summed E-state index contributed by atoms with van der Waals surface area (Å²) in [5.41, 5.74) is 1.90. The van der Waals surface area contributed by atoms with Crippen LogP contribution in [-0.4, -0.2) is 23.5 Å². The third-order valence-corrected chi connectivity index (χ3v) is 4.45. The summed E-state index contributed by atoms with van der Waals surface area (Å²) in [5.74, 6) is -1.16. The number of carbonyl (C=O) groups excluding carboxylic acids is 2. The summed E-state index contributed by atoms with van der Waals surface area (Å²) in [6.45, 7) is -0.445. The Morgan fingerprint density at radius 1 is 1.07 bits per heavy atom. The highest BCUT2D eigenvalue weighted by Gasteiger charge is 2.10. The Morgan fingerprint density at radius 3 is 2.70 bits per heavy atom. The molecule has 1 N–H and O–H groups in total. The number of anilines is 1. The minimum Gasteiger partial charge on any atom is -0.452 e. The van der Waals surface area contributed by atoms with Gasteiger partial charge >= 0.3 is 5.97 Å². The maximum absolute atomic E-state index is 11.9. The molecule has 0 unspecified atom stereocenters. The summed E-state index contributed by atoms with van der Waals surface area (Å²) in [6, 6.07) is 14.3. The first kappa shape index (κ1) is 18.9. The van der Waals surface area contributed by atoms with E-state index in [1.54, 1.807) is 30.5 Å². The monoisotopic (exact) mass is 400 g/mol. The second kappa shape index (κ2) is 8.66. The van der Waals surface area contributed by atoms with Gasteiger partial charge in [-0.15, -0.1) is 0 Å². The smallest absolute Gasteiger partial charge is 0.331 e. The van der Waals surface area contributed by atoms with Crippen LogP contribution in [0.15, 0.2) is 60.8 Å². The lowest BCUT2D eigenvalue weighted by molar-refractivity contribution is -0.142. The van der Waals surface area contributed by atoms with Gasteiger partial charge in [0.2, 0.25) is 0 Å². The van der Waals surface area contributed by atoms with Crippen LogP contribution in [-0.2, 0) is 14.3 Å². The zero-order valence-electron chi connectivity index (χ0n) is 14.0. The predicted octanol–water partition coefficient (Wildman–Crippen LogP) is 4.74. The van der Waals surface area contributed by atoms with E-state index in [0.29, 0.717) is 10.7 Å². The van der Waals surface area contributed by atoms with Gasteiger partial charge in [0.1, 0.15) is 0 Å². The molecule has 7 heteroatoms. The number of benzene rings is 2. The largest absolute Gasteiger partial charge is 0.452 e. The van der Waals surface area contributed by atoms with Gasteiger partial charge in [-0.25, -0.2) is 4.79 Å². The van der Waals surface area contributed by atoms with Crippen LogP contribution in [0.25, 0.3) is 17.0 Å². The molecule has 0 radical (unpaired) electrons. The number of pyridine rings is 1. The van der Waals surface area contributed by atoms with Crippen LogP contribution < -0.4 is 5.32 Å². The van der Waals surface area contributed by atoms with E-state index in [1.807, 2.05) is 30.3 Å². The van der Waals surface area contributed by atoms with Crippen LogP contribution in [0.5, 0.6) is 0 Å². The standard InChI is InChI=1S/C20H14Cl2N2O3/c21-15-7-2-8-16(19(15)22)24-17(25)12-27-18(26)10-9-14-5-1-4-13-6-3-11-23-20(13)14/h1-11H,12H2,(H,24,25)/b10-9+. The normalized spacial score (nSPS) is 10.9. The molecule has 2 aromatic carbocycles. The van der Waals surface area contributed by atoms with Crippen LogP contribution in [0.4, 0.5) is 5.69 Å². The van der Waals surface area contributed by atoms with Gasteiger partial charge in [0.05, 0.1) is 21.2 Å². The molecule has 0 spiro atoms. The van der Waals surface area contributed by atoms with E-state index in [0.717, 1.165) is 16.5 Å². The maximum Gasteiger partial charge on any atom is 0.331 e. The van der Waals surface area contributed by atoms with Crippen molar-refractivity contribution >= 4 is 57.7 Å². The van der Waals surface area contributed by atoms with Crippen molar-refractivity contribution in [3.8, 4) is 0 Å². The summed E-state index contributed by atoms with van der Waals surface area (Å²) >= 11 is 11.9. The Kier molecular flexibility index (Phi) is 6.06. The van der Waals surface area contributed by atoms with Crippen LogP contribution in [0.3, 0.4) is 0 Å². The Hall–Kier alpha value is -2.89. The molecule has 1 amide bonds. The number of amides is 1. The first-order valence-electron chi connectivity index (χ1n) is 7.97. The lowest BCUT2D eigenvalue weighted by Crippen LogP contribution is -2.20. The van der Waals surface area contributed by atoms with Gasteiger partial charge in [-0.3, -0.25) is 9.78 Å². The molecular weight excluding hydrogens is 387 g/mol. The van der Waals surface area contributed by atoms with Gasteiger partial charge in [0, 0.05) is 23.2 Å². The minimum absolute atomic E-state index is 0.224. The number of rotatable bonds is 5. The lowest BCUT2D eigenvalue weighted by Gasteiger charge is -2.08. The lowest BCUT2D eigenvalue weighted by atomic mass is 10.1. The predicted molar refractivity (Wildman–Crippen MR) is 107 cm³/mol. The fourth-order valence-electron chi connectivity index (χ4n) is 2.39. The van der Waals surface area contributed by atoms with Crippen molar-refractivity contribution in [2.24, 2.45) is 0 Å². The Balaban J connectivity index is 1.58. The Labute approximate surface area is 165 Å². The summed E-state index contributed by atoms with van der Waals surface area (Å²) in [6.07, 6.45) is 4.54. The molecule has 0 atom stereocenters. The first-order chi connectivity index (χ1) is 13.0. The van der Waals surface area contributed by atoms with Gasteiger partial charge in [0.15, 0.2) is 6.61 Å². The van der Waals surface area contributed by atoms with Gasteiger partial charge in [-0.1, -0.05) is 53.5 Å². The second-order valence-electron chi connectivity index (χ2n) is 5.51. The highest BCUT2D eigenvalue weighted by molar-refractivity contribution is 6.44. The number of halogens is 2. The van der Waals surface area contributed by atoms with Crippen molar-refractivity contribution in [3.05, 3.63) is 76.4 Å². The van der Waals surface area contributed by atoms with Gasteiger partial charge in [-0.2, -0.15) is 0 Å². The molecule has 1 heterocycles. The highest BCUT2D eigenvalue weighted by atomic mass is 35.5. The quantitative estimate of drug-likeness (QED) is 0.496. The molecule has 0 bridgehead atoms. The summed E-state index contributed by atoms with van der Waals surface area (Å²) in [7, 11) is 0. The van der Waals surface area contributed by atoms with Crippen molar-refractivity contribution in [1.29, 1.82) is 0 Å². The second-order valence-corrected chi connectivity index (χ2v) is 6.30. The fraction of sp³-hybridized carbons (Fsp3) is 0.0500. The average molecular weight is 401 g/mol. The summed E-state index contributed by atoms with van der Waals surface area (Å²) in [5, 5.41) is 4.04. The van der Waals surface area contributed by atoms with Crippen LogP contribution in [0.2, 0.25) is 10.0 Å². The van der Waals surface area contributed by atoms with Crippen molar-refractivity contribution < 1.29 is 14.3 Å². The Bertz CT molecular complexity index is 1030. The fourth-order valence-corrected chi connectivity index (χ4v) is 2.74. The summed E-state index contributed by atoms with van der Waals surface area (Å²) in [4.78, 5) is 28.1. The van der Waals surface area contributed by atoms with E-state index in [9.17, 15) is 9.59 Å². The van der Waals surface area contributed by atoms with Crippen LogP contribution in [0.1, 0.15) is 5.56 Å². The third kappa shape index (κ3) is 4.84. The van der Waals surface area contributed by atoms with Gasteiger partial charge in [-0.05, 0) is 24.3 Å². The molecule has 0 saturated carbocycles. The molecule has 5 nitrogen and oxygen atoms in total. The third-order valence-electron chi connectivity index (χ3n) is 3.63. The number of carbonyl (C=O) groups is 2. The molecule has 27 heavy (non-hydrogen) atoms. The van der Waals surface area contributed by atoms with Crippen LogP contribution >= 0.6 is 23.2 Å². The number of aromatic nitrogens is 1. The van der Waals surface area contributed by atoms with E-state index >= 15 is 0 Å². The molecular formula is C20H14Cl2N2O3. The van der Waals surface area contributed by atoms with E-state index in [1.165, 1.54) is 6.08 Å². The molecule has 0 aliphatic rings. The van der Waals surface area contributed by atoms with E-state index in [2.05, 4.69) is 10.3 Å². The molecule has 136 valence electrons. The molecule has 0 aliphatic carbocycles. The highest BCUT2D eigenvalue weighted by Crippen LogP contribution is 2.29. The minimum atomic E-state index is -0.643. The van der Waals surface area contributed by atoms with Crippen molar-refractivity contribution in [1.82, 2.24) is 4.98 Å². The molecule has 0 fully saturated rings. The van der Waals surface area contributed by atoms with Crippen molar-refractivity contribution in [3.63, 3.8) is 0 Å². The van der Waals surface area contributed by atoms with E-state index in [-0.39, 0.29) is 5.02 Å². The number of hydrogen-bond acceptors (Lipinski definition) is 4. The average Bonchev–Trinajstić information content (AvgIpc) is 2.68. The number of fused-ring (bicyclic) bond motifs is 1. The van der Waals surface area contributed by atoms with E-state index < -0.39 is 18.5 Å². The number of hydrogen-bond donors (Lipinski definition) is 1. The summed E-state index contributed by atoms with van der Waals surface area (Å²) < 4.78 is 4.95. The molecule has 3 rings (SSSR count). The van der Waals surface area contributed by atoms with Crippen LogP contribution in [0, 0.1) is 0 Å². The maximum atomic E-state index is 11.9. The van der Waals surface area contributed by atoms with Gasteiger partial charge in [0.25, 0.3) is 5.91 Å². The van der Waals surface area contributed by atoms with Gasteiger partial charge < -0.3 is 10.1 Å². The first-order valence-corrected chi connectivity index (χ1v) is 8.72. The molecule has 0 aliphatic heterocycles. The van der Waals surface area contributed by atoms with Crippen molar-refractivity contribution in [2.45, 2.75) is 0 Å². The molecule has 0 saturated heterocycles. The zero-order valence-corrected chi connectivity index (χ0v) is 15.5. The number of nitrogens with one attached hydrogen (secondary N) is 1. The zero-order chi connectivity index (χ0) is 19.2. The number of para-hydroxylation sites is 1. The molecule has 3 aromatic rings. The SMILES string of the molecule is O=C(COC(=O)/C=C/c1cccc2cccnc12)Nc1cccc(Cl)c1Cl. The topological polar surface area (TPSA) is 68.3 Å². The van der Waals surface area contributed by atoms with E-state index in [4.69, 9.17) is 27.9 Å². The number of esters is 1. The Morgan fingerprint density at radius 2 is 1.85 bits per heavy atom. The van der Waals surface area contributed by atoms with Crippen molar-refractivity contribution in [2.75, 3.05) is 11.9 Å². The number of ether oxygens (including phenoxy) is 1.